The lowest BCUT2D eigenvalue weighted by Gasteiger charge is -2.38. The van der Waals surface area contributed by atoms with Gasteiger partial charge >= 0.3 is 0 Å². The molecule has 0 radical (unpaired) electrons. The maximum Gasteiger partial charge on any atom is 0.0615 e. The van der Waals surface area contributed by atoms with Crippen molar-refractivity contribution < 1.29 is 14.6 Å². The number of aliphatic hydroxyl groups excluding tert-OH is 1. The third-order valence-corrected chi connectivity index (χ3v) is 3.75. The fourth-order valence-electron chi connectivity index (χ4n) is 2.49. The van der Waals surface area contributed by atoms with Crippen molar-refractivity contribution >= 4 is 0 Å². The third-order valence-electron chi connectivity index (χ3n) is 3.75. The Kier molecular flexibility index (Phi) is 7.11. The molecule has 0 saturated heterocycles. The van der Waals surface area contributed by atoms with Crippen LogP contribution in [-0.2, 0) is 9.47 Å². The van der Waals surface area contributed by atoms with Gasteiger partial charge in [-0.15, -0.1) is 0 Å². The number of aliphatic hydroxyl groups is 1. The summed E-state index contributed by atoms with van der Waals surface area (Å²) >= 11 is 0. The van der Waals surface area contributed by atoms with E-state index in [0.29, 0.717) is 19.1 Å². The quantitative estimate of drug-likeness (QED) is 0.582. The molecule has 1 fully saturated rings. The lowest BCUT2D eigenvalue weighted by atomic mass is 10.0. The standard InChI is InChI=1S/C13H28N2O3/c1-10(9-18-3)15(6-7-17-2)12(8-16)13(14)11-4-5-11/h10-13,16H,4-9,14H2,1-3H3. The molecule has 0 bridgehead atoms. The SMILES string of the molecule is COCCN(C(C)COC)C(CO)C(N)C1CC1. The summed E-state index contributed by atoms with van der Waals surface area (Å²) in [5.74, 6) is 0.571. The number of hydrogen-bond acceptors (Lipinski definition) is 5. The highest BCUT2D eigenvalue weighted by molar-refractivity contribution is 4.94. The van der Waals surface area contributed by atoms with E-state index < -0.39 is 0 Å². The highest BCUT2D eigenvalue weighted by Crippen LogP contribution is 2.34. The van der Waals surface area contributed by atoms with Crippen LogP contribution in [0.1, 0.15) is 19.8 Å². The summed E-state index contributed by atoms with van der Waals surface area (Å²) in [5, 5.41) is 9.66. The zero-order chi connectivity index (χ0) is 13.5. The van der Waals surface area contributed by atoms with E-state index in [1.54, 1.807) is 14.2 Å². The van der Waals surface area contributed by atoms with E-state index in [1.807, 2.05) is 0 Å². The zero-order valence-electron chi connectivity index (χ0n) is 11.8. The minimum absolute atomic E-state index is 0.00204. The molecule has 1 saturated carbocycles. The Balaban J connectivity index is 2.63. The normalized spacial score (nSPS) is 21.0. The Labute approximate surface area is 110 Å². The Bertz CT molecular complexity index is 224. The molecular formula is C13H28N2O3. The largest absolute Gasteiger partial charge is 0.395 e. The molecule has 0 aromatic rings. The lowest BCUT2D eigenvalue weighted by molar-refractivity contribution is 0.0153. The van der Waals surface area contributed by atoms with Crippen LogP contribution in [0.5, 0.6) is 0 Å². The summed E-state index contributed by atoms with van der Waals surface area (Å²) in [6.45, 7) is 4.24. The number of ether oxygens (including phenoxy) is 2. The number of rotatable bonds is 10. The Hall–Kier alpha value is -0.200. The molecule has 0 aromatic carbocycles. The van der Waals surface area contributed by atoms with Gasteiger partial charge in [0.1, 0.15) is 0 Å². The van der Waals surface area contributed by atoms with Crippen molar-refractivity contribution in [1.82, 2.24) is 4.90 Å². The van der Waals surface area contributed by atoms with Crippen molar-refractivity contribution in [1.29, 1.82) is 0 Å². The first kappa shape index (κ1) is 15.9. The number of methoxy groups -OCH3 is 2. The van der Waals surface area contributed by atoms with Crippen LogP contribution in [0, 0.1) is 5.92 Å². The highest BCUT2D eigenvalue weighted by atomic mass is 16.5. The van der Waals surface area contributed by atoms with Gasteiger partial charge in [-0.3, -0.25) is 4.90 Å². The van der Waals surface area contributed by atoms with E-state index in [1.165, 1.54) is 12.8 Å². The molecule has 3 N–H and O–H groups in total. The molecule has 3 unspecified atom stereocenters. The number of nitrogens with zero attached hydrogens (tertiary/aromatic N) is 1. The van der Waals surface area contributed by atoms with E-state index in [-0.39, 0.29) is 24.7 Å². The fourth-order valence-corrected chi connectivity index (χ4v) is 2.49. The summed E-state index contributed by atoms with van der Waals surface area (Å²) < 4.78 is 10.4. The molecule has 5 nitrogen and oxygen atoms in total. The molecule has 1 rings (SSSR count). The molecule has 5 heteroatoms. The van der Waals surface area contributed by atoms with Gasteiger partial charge in [-0.2, -0.15) is 0 Å². The maximum absolute atomic E-state index is 9.66. The third kappa shape index (κ3) is 4.48. The monoisotopic (exact) mass is 260 g/mol. The first-order valence-electron chi connectivity index (χ1n) is 6.75. The molecule has 0 aliphatic heterocycles. The molecule has 0 spiro atoms. The van der Waals surface area contributed by atoms with Crippen molar-refractivity contribution in [2.75, 3.05) is 40.6 Å². The van der Waals surface area contributed by atoms with Crippen molar-refractivity contribution in [3.05, 3.63) is 0 Å². The second kappa shape index (κ2) is 8.07. The molecule has 3 atom stereocenters. The molecule has 1 aliphatic carbocycles. The van der Waals surface area contributed by atoms with Crippen LogP contribution in [0.25, 0.3) is 0 Å². The van der Waals surface area contributed by atoms with Gasteiger partial charge in [0.2, 0.25) is 0 Å². The second-order valence-electron chi connectivity index (χ2n) is 5.20. The van der Waals surface area contributed by atoms with E-state index in [9.17, 15) is 5.11 Å². The van der Waals surface area contributed by atoms with Crippen LogP contribution in [-0.4, -0.2) is 68.7 Å². The molecular weight excluding hydrogens is 232 g/mol. The Morgan fingerprint density at radius 1 is 1.33 bits per heavy atom. The predicted molar refractivity (Wildman–Crippen MR) is 71.5 cm³/mol. The first-order valence-corrected chi connectivity index (χ1v) is 6.75. The van der Waals surface area contributed by atoms with Crippen LogP contribution >= 0.6 is 0 Å². The van der Waals surface area contributed by atoms with Crippen molar-refractivity contribution in [3.8, 4) is 0 Å². The van der Waals surface area contributed by atoms with Crippen LogP contribution in [0.2, 0.25) is 0 Å². The molecule has 0 aromatic heterocycles. The van der Waals surface area contributed by atoms with Crippen LogP contribution in [0.4, 0.5) is 0 Å². The van der Waals surface area contributed by atoms with Gasteiger partial charge in [0.15, 0.2) is 0 Å². The molecule has 1 aliphatic rings. The highest BCUT2D eigenvalue weighted by Gasteiger charge is 2.37. The average Bonchev–Trinajstić information content (AvgIpc) is 3.18. The van der Waals surface area contributed by atoms with Crippen LogP contribution in [0.15, 0.2) is 0 Å². The van der Waals surface area contributed by atoms with Gasteiger partial charge in [-0.05, 0) is 25.7 Å². The van der Waals surface area contributed by atoms with Gasteiger partial charge in [0, 0.05) is 38.9 Å². The van der Waals surface area contributed by atoms with Gasteiger partial charge in [-0.25, -0.2) is 0 Å². The number of hydrogen-bond donors (Lipinski definition) is 2. The van der Waals surface area contributed by atoms with E-state index in [2.05, 4.69) is 11.8 Å². The Morgan fingerprint density at radius 2 is 2.00 bits per heavy atom. The van der Waals surface area contributed by atoms with Gasteiger partial charge < -0.3 is 20.3 Å². The molecule has 0 heterocycles. The predicted octanol–water partition coefficient (Wildman–Crippen LogP) is 0.0679. The number of nitrogens with two attached hydrogens (primary N) is 1. The second-order valence-corrected chi connectivity index (χ2v) is 5.20. The van der Waals surface area contributed by atoms with Gasteiger partial charge in [0.25, 0.3) is 0 Å². The Morgan fingerprint density at radius 3 is 2.44 bits per heavy atom. The smallest absolute Gasteiger partial charge is 0.0615 e. The van der Waals surface area contributed by atoms with Crippen molar-refractivity contribution in [2.24, 2.45) is 11.7 Å². The van der Waals surface area contributed by atoms with Crippen LogP contribution < -0.4 is 5.73 Å². The van der Waals surface area contributed by atoms with Crippen molar-refractivity contribution in [3.63, 3.8) is 0 Å². The van der Waals surface area contributed by atoms with Crippen molar-refractivity contribution in [2.45, 2.75) is 37.9 Å². The minimum atomic E-state index is -0.00204. The molecule has 18 heavy (non-hydrogen) atoms. The van der Waals surface area contributed by atoms with E-state index in [0.717, 1.165) is 6.54 Å². The summed E-state index contributed by atoms with van der Waals surface area (Å²) in [7, 11) is 3.38. The summed E-state index contributed by atoms with van der Waals surface area (Å²) in [6, 6.07) is 0.274. The summed E-state index contributed by atoms with van der Waals surface area (Å²) in [5.41, 5.74) is 6.26. The average molecular weight is 260 g/mol. The fraction of sp³-hybridized carbons (Fsp3) is 1.00. The maximum atomic E-state index is 9.66. The summed E-state index contributed by atoms with van der Waals surface area (Å²) in [6.07, 6.45) is 2.38. The lowest BCUT2D eigenvalue weighted by Crippen LogP contribution is -2.56. The minimum Gasteiger partial charge on any atom is -0.395 e. The summed E-state index contributed by atoms with van der Waals surface area (Å²) in [4.78, 5) is 2.22. The molecule has 108 valence electrons. The van der Waals surface area contributed by atoms with Gasteiger partial charge in [-0.1, -0.05) is 0 Å². The van der Waals surface area contributed by atoms with E-state index in [4.69, 9.17) is 15.2 Å². The first-order chi connectivity index (χ1) is 8.65. The zero-order valence-corrected chi connectivity index (χ0v) is 11.8. The molecule has 0 amide bonds. The van der Waals surface area contributed by atoms with Crippen LogP contribution in [0.3, 0.4) is 0 Å². The van der Waals surface area contributed by atoms with Gasteiger partial charge in [0.05, 0.1) is 19.8 Å². The topological polar surface area (TPSA) is 68.0 Å². The van der Waals surface area contributed by atoms with E-state index >= 15 is 0 Å².